The van der Waals surface area contributed by atoms with Crippen LogP contribution in [0.15, 0.2) is 6.07 Å². The number of hydrogen-bond acceptors (Lipinski definition) is 6. The summed E-state index contributed by atoms with van der Waals surface area (Å²) in [6, 6.07) is 2.67. The maximum atomic E-state index is 5.68. The molecule has 2 atom stereocenters. The van der Waals surface area contributed by atoms with Crippen LogP contribution in [0.3, 0.4) is 0 Å². The van der Waals surface area contributed by atoms with Gasteiger partial charge in [-0.05, 0) is 70.0 Å². The minimum absolute atomic E-state index is 0.247. The monoisotopic (exact) mass is 432 g/mol. The second-order valence-electron chi connectivity index (χ2n) is 9.09. The maximum absolute atomic E-state index is 5.68. The van der Waals surface area contributed by atoms with E-state index in [2.05, 4.69) is 40.3 Å². The van der Waals surface area contributed by atoms with Crippen LogP contribution in [0.1, 0.15) is 58.8 Å². The Kier molecular flexibility index (Phi) is 7.25. The van der Waals surface area contributed by atoms with Gasteiger partial charge in [-0.1, -0.05) is 6.92 Å². The summed E-state index contributed by atoms with van der Waals surface area (Å²) in [5.74, 6) is 3.39. The van der Waals surface area contributed by atoms with Crippen LogP contribution in [-0.4, -0.2) is 60.0 Å². The highest BCUT2D eigenvalue weighted by Gasteiger charge is 2.24. The molecule has 3 fully saturated rings. The second kappa shape index (κ2) is 10.1. The molecule has 4 heterocycles. The summed E-state index contributed by atoms with van der Waals surface area (Å²) in [7, 11) is 0. The van der Waals surface area contributed by atoms with Crippen LogP contribution in [0.2, 0.25) is 0 Å². The van der Waals surface area contributed by atoms with E-state index in [0.717, 1.165) is 63.2 Å². The molecule has 0 amide bonds. The molecule has 8 heteroatoms. The van der Waals surface area contributed by atoms with Crippen molar-refractivity contribution in [3.63, 3.8) is 0 Å². The molecule has 0 aliphatic carbocycles. The highest BCUT2D eigenvalue weighted by atomic mass is 32.1. The Morgan fingerprint density at radius 1 is 1.07 bits per heavy atom. The van der Waals surface area contributed by atoms with Gasteiger partial charge >= 0.3 is 0 Å². The molecular weight excluding hydrogens is 396 g/mol. The quantitative estimate of drug-likeness (QED) is 0.685. The van der Waals surface area contributed by atoms with Crippen molar-refractivity contribution in [2.45, 2.75) is 70.9 Å². The summed E-state index contributed by atoms with van der Waals surface area (Å²) >= 11 is 5.52. The van der Waals surface area contributed by atoms with Crippen LogP contribution in [0.5, 0.6) is 0 Å². The van der Waals surface area contributed by atoms with E-state index >= 15 is 0 Å². The van der Waals surface area contributed by atoms with Crippen LogP contribution in [0.25, 0.3) is 0 Å². The Morgan fingerprint density at radius 2 is 1.87 bits per heavy atom. The molecule has 3 aliphatic rings. The molecule has 3 aliphatic heterocycles. The normalized spacial score (nSPS) is 25.4. The number of hydrogen-bond donors (Lipinski definition) is 2. The van der Waals surface area contributed by atoms with E-state index in [0.29, 0.717) is 17.1 Å². The molecule has 0 radical (unpaired) electrons. The zero-order chi connectivity index (χ0) is 20.9. The fourth-order valence-corrected chi connectivity index (χ4v) is 4.80. The molecule has 166 valence electrons. The number of piperidine rings is 2. The summed E-state index contributed by atoms with van der Waals surface area (Å²) < 4.78 is 5.68. The number of thiocarbonyl (C=S) groups is 1. The third-order valence-corrected chi connectivity index (χ3v) is 6.89. The molecular formula is C22H36N6OS. The van der Waals surface area contributed by atoms with Crippen LogP contribution >= 0.6 is 12.2 Å². The Hall–Kier alpha value is -1.67. The first kappa shape index (κ1) is 21.6. The third-order valence-electron chi connectivity index (χ3n) is 6.64. The van der Waals surface area contributed by atoms with E-state index in [1.807, 2.05) is 0 Å². The fraction of sp³-hybridized carbons (Fsp3) is 0.773. The van der Waals surface area contributed by atoms with Crippen molar-refractivity contribution in [3.05, 3.63) is 6.07 Å². The van der Waals surface area contributed by atoms with Gasteiger partial charge in [0.15, 0.2) is 5.11 Å². The van der Waals surface area contributed by atoms with Crippen molar-refractivity contribution < 1.29 is 4.74 Å². The Bertz CT molecular complexity index is 718. The number of rotatable bonds is 5. The molecule has 4 rings (SSSR count). The van der Waals surface area contributed by atoms with E-state index in [4.69, 9.17) is 26.9 Å². The molecule has 1 aromatic heterocycles. The third kappa shape index (κ3) is 5.52. The van der Waals surface area contributed by atoms with Gasteiger partial charge in [-0.3, -0.25) is 0 Å². The van der Waals surface area contributed by atoms with Gasteiger partial charge in [0, 0.05) is 44.9 Å². The number of anilines is 3. The summed E-state index contributed by atoms with van der Waals surface area (Å²) in [4.78, 5) is 14.5. The molecule has 2 unspecified atom stereocenters. The van der Waals surface area contributed by atoms with Crippen molar-refractivity contribution >= 4 is 34.9 Å². The predicted molar refractivity (Wildman–Crippen MR) is 126 cm³/mol. The van der Waals surface area contributed by atoms with E-state index < -0.39 is 0 Å². The van der Waals surface area contributed by atoms with Crippen LogP contribution in [-0.2, 0) is 4.74 Å². The van der Waals surface area contributed by atoms with E-state index in [-0.39, 0.29) is 6.10 Å². The number of aromatic nitrogens is 2. The van der Waals surface area contributed by atoms with Gasteiger partial charge in [0.05, 0.1) is 6.10 Å². The highest BCUT2D eigenvalue weighted by molar-refractivity contribution is 7.80. The number of nitrogens with one attached hydrogen (secondary N) is 2. The standard InChI is InChI=1S/C22H36N6OS/c1-16-8-11-27(12-9-16)19-14-20(28-10-4-3-6-17(28)2)25-21(24-19)26-22(30)23-15-18-7-5-13-29-18/h14,16-18H,3-13,15H2,1-2H3,(H2,23,24,25,26,30). The first-order valence-electron chi connectivity index (χ1n) is 11.7. The van der Waals surface area contributed by atoms with E-state index in [9.17, 15) is 0 Å². The summed E-state index contributed by atoms with van der Waals surface area (Å²) in [5.41, 5.74) is 0. The minimum Gasteiger partial charge on any atom is -0.376 e. The molecule has 7 nitrogen and oxygen atoms in total. The van der Waals surface area contributed by atoms with Crippen molar-refractivity contribution in [2.75, 3.05) is 47.9 Å². The van der Waals surface area contributed by atoms with Crippen LogP contribution in [0, 0.1) is 5.92 Å². The zero-order valence-corrected chi connectivity index (χ0v) is 19.2. The summed E-state index contributed by atoms with van der Waals surface area (Å²) in [6.45, 7) is 9.36. The van der Waals surface area contributed by atoms with Crippen molar-refractivity contribution in [3.8, 4) is 0 Å². The Labute approximate surface area is 186 Å². The lowest BCUT2D eigenvalue weighted by Gasteiger charge is -2.36. The van der Waals surface area contributed by atoms with Gasteiger partial charge in [0.1, 0.15) is 11.6 Å². The van der Waals surface area contributed by atoms with Crippen LogP contribution < -0.4 is 20.4 Å². The second-order valence-corrected chi connectivity index (χ2v) is 9.49. The largest absolute Gasteiger partial charge is 0.376 e. The first-order valence-corrected chi connectivity index (χ1v) is 12.1. The highest BCUT2D eigenvalue weighted by Crippen LogP contribution is 2.29. The van der Waals surface area contributed by atoms with Crippen molar-refractivity contribution in [1.29, 1.82) is 0 Å². The molecule has 3 saturated heterocycles. The summed E-state index contributed by atoms with van der Waals surface area (Å²) in [6.07, 6.45) is 8.61. The van der Waals surface area contributed by atoms with Gasteiger partial charge < -0.3 is 25.2 Å². The van der Waals surface area contributed by atoms with Crippen LogP contribution in [0.4, 0.5) is 17.6 Å². The van der Waals surface area contributed by atoms with Gasteiger partial charge in [-0.15, -0.1) is 0 Å². The van der Waals surface area contributed by atoms with E-state index in [1.165, 1.54) is 32.1 Å². The average Bonchev–Trinajstić information content (AvgIpc) is 3.27. The zero-order valence-electron chi connectivity index (χ0n) is 18.4. The van der Waals surface area contributed by atoms with Gasteiger partial charge in [0.25, 0.3) is 0 Å². The molecule has 1 aromatic rings. The van der Waals surface area contributed by atoms with Gasteiger partial charge in [-0.2, -0.15) is 9.97 Å². The maximum Gasteiger partial charge on any atom is 0.232 e. The summed E-state index contributed by atoms with van der Waals surface area (Å²) in [5, 5.41) is 7.07. The van der Waals surface area contributed by atoms with Gasteiger partial charge in [0.2, 0.25) is 5.95 Å². The molecule has 0 spiro atoms. The van der Waals surface area contributed by atoms with Crippen molar-refractivity contribution in [1.82, 2.24) is 15.3 Å². The smallest absolute Gasteiger partial charge is 0.232 e. The molecule has 30 heavy (non-hydrogen) atoms. The number of ether oxygens (including phenoxy) is 1. The lowest BCUT2D eigenvalue weighted by molar-refractivity contribution is 0.114. The SMILES string of the molecule is CC1CCN(c2cc(N3CCCCC3C)nc(NC(=S)NCC3CCCO3)n2)CC1. The molecule has 0 aromatic carbocycles. The lowest BCUT2D eigenvalue weighted by atomic mass is 9.99. The van der Waals surface area contributed by atoms with E-state index in [1.54, 1.807) is 0 Å². The van der Waals surface area contributed by atoms with Gasteiger partial charge in [-0.25, -0.2) is 0 Å². The Balaban J connectivity index is 1.49. The minimum atomic E-state index is 0.247. The predicted octanol–water partition coefficient (Wildman–Crippen LogP) is 3.56. The molecule has 0 saturated carbocycles. The average molecular weight is 433 g/mol. The first-order chi connectivity index (χ1) is 14.6. The Morgan fingerprint density at radius 3 is 2.60 bits per heavy atom. The number of nitrogens with zero attached hydrogens (tertiary/aromatic N) is 4. The topological polar surface area (TPSA) is 65.5 Å². The molecule has 2 N–H and O–H groups in total. The fourth-order valence-electron chi connectivity index (χ4n) is 4.62. The molecule has 0 bridgehead atoms. The lowest BCUT2D eigenvalue weighted by Crippen LogP contribution is -2.39. The van der Waals surface area contributed by atoms with Crippen molar-refractivity contribution in [2.24, 2.45) is 5.92 Å².